The smallest absolute Gasteiger partial charge is 0.314 e. The number of piperazine rings is 1. The normalized spacial score (nSPS) is 21.7. The first-order valence-electron chi connectivity index (χ1n) is 5.57. The maximum atomic E-state index is 12.4. The first kappa shape index (κ1) is 15.8. The Kier molecular flexibility index (Phi) is 5.46. The molecule has 1 N–H and O–H groups in total. The number of halogens is 4. The van der Waals surface area contributed by atoms with Gasteiger partial charge in [-0.3, -0.25) is 4.90 Å². The van der Waals surface area contributed by atoms with E-state index in [1.807, 2.05) is 0 Å². The summed E-state index contributed by atoms with van der Waals surface area (Å²) in [6.45, 7) is 5.40. The van der Waals surface area contributed by atoms with Gasteiger partial charge in [0.1, 0.15) is 4.88 Å². The van der Waals surface area contributed by atoms with Gasteiger partial charge in [0.25, 0.3) is 0 Å². The molecule has 2 heterocycles. The van der Waals surface area contributed by atoms with E-state index in [1.165, 1.54) is 6.07 Å². The summed E-state index contributed by atoms with van der Waals surface area (Å²) < 4.78 is 37.3. The van der Waals surface area contributed by atoms with E-state index in [0.717, 1.165) is 35.8 Å². The molecular formula is C11H16ClF3N2S. The first-order valence-corrected chi connectivity index (χ1v) is 6.39. The van der Waals surface area contributed by atoms with Gasteiger partial charge in [-0.15, -0.1) is 23.7 Å². The molecular weight excluding hydrogens is 285 g/mol. The minimum Gasteiger partial charge on any atom is -0.314 e. The maximum Gasteiger partial charge on any atom is 0.425 e. The lowest BCUT2D eigenvalue weighted by atomic mass is 10.2. The van der Waals surface area contributed by atoms with Crippen molar-refractivity contribution in [3.8, 4) is 0 Å². The van der Waals surface area contributed by atoms with Gasteiger partial charge >= 0.3 is 6.18 Å². The molecule has 0 aromatic carbocycles. The molecule has 1 aromatic heterocycles. The number of thiophene rings is 1. The third kappa shape index (κ3) is 3.85. The quantitative estimate of drug-likeness (QED) is 0.903. The van der Waals surface area contributed by atoms with Gasteiger partial charge in [-0.25, -0.2) is 0 Å². The van der Waals surface area contributed by atoms with Crippen LogP contribution in [0, 0.1) is 0 Å². The van der Waals surface area contributed by atoms with Gasteiger partial charge in [-0.2, -0.15) is 13.2 Å². The standard InChI is InChI=1S/C11H15F3N2S.ClH/c1-8-6-15-4-5-16(8)7-9-2-3-10(17-9)11(12,13)14;/h2-3,8,15H,4-7H2,1H3;1H/t8-;/m0./s1. The molecule has 0 aliphatic carbocycles. The van der Waals surface area contributed by atoms with Crippen LogP contribution in [0.4, 0.5) is 13.2 Å². The molecule has 1 fully saturated rings. The third-order valence-electron chi connectivity index (χ3n) is 2.94. The molecule has 0 unspecified atom stereocenters. The molecule has 0 saturated carbocycles. The van der Waals surface area contributed by atoms with E-state index in [1.54, 1.807) is 6.07 Å². The zero-order chi connectivity index (χ0) is 12.5. The summed E-state index contributed by atoms with van der Waals surface area (Å²) in [4.78, 5) is 2.49. The minimum atomic E-state index is -4.21. The Morgan fingerprint density at radius 2 is 2.17 bits per heavy atom. The van der Waals surface area contributed by atoms with Crippen LogP contribution >= 0.6 is 23.7 Å². The van der Waals surface area contributed by atoms with Crippen LogP contribution in [0.25, 0.3) is 0 Å². The summed E-state index contributed by atoms with van der Waals surface area (Å²) in [5, 5.41) is 3.26. The molecule has 0 amide bonds. The largest absolute Gasteiger partial charge is 0.425 e. The number of alkyl halides is 3. The van der Waals surface area contributed by atoms with E-state index < -0.39 is 11.1 Å². The van der Waals surface area contributed by atoms with E-state index in [9.17, 15) is 13.2 Å². The van der Waals surface area contributed by atoms with Crippen LogP contribution in [0.1, 0.15) is 16.7 Å². The van der Waals surface area contributed by atoms with E-state index in [-0.39, 0.29) is 12.4 Å². The van der Waals surface area contributed by atoms with E-state index in [0.29, 0.717) is 12.6 Å². The van der Waals surface area contributed by atoms with Crippen LogP contribution < -0.4 is 5.32 Å². The van der Waals surface area contributed by atoms with E-state index in [4.69, 9.17) is 0 Å². The lowest BCUT2D eigenvalue weighted by Crippen LogP contribution is -2.49. The van der Waals surface area contributed by atoms with Crippen molar-refractivity contribution in [3.05, 3.63) is 21.9 Å². The van der Waals surface area contributed by atoms with Gasteiger partial charge in [-0.05, 0) is 19.1 Å². The van der Waals surface area contributed by atoms with Crippen molar-refractivity contribution in [2.75, 3.05) is 19.6 Å². The van der Waals surface area contributed by atoms with Crippen molar-refractivity contribution >= 4 is 23.7 Å². The average Bonchev–Trinajstić information content (AvgIpc) is 2.69. The molecule has 2 nitrogen and oxygen atoms in total. The molecule has 18 heavy (non-hydrogen) atoms. The SMILES string of the molecule is C[C@H]1CNCCN1Cc1ccc(C(F)(F)F)s1.Cl. The van der Waals surface area contributed by atoms with Crippen molar-refractivity contribution < 1.29 is 13.2 Å². The Hall–Kier alpha value is -0.300. The van der Waals surface area contributed by atoms with Crippen LogP contribution in [-0.4, -0.2) is 30.6 Å². The number of nitrogens with one attached hydrogen (secondary N) is 1. The summed E-state index contributed by atoms with van der Waals surface area (Å²) in [5.74, 6) is 0. The molecule has 1 atom stereocenters. The van der Waals surface area contributed by atoms with Crippen LogP contribution in [0.15, 0.2) is 12.1 Å². The summed E-state index contributed by atoms with van der Waals surface area (Å²) in [7, 11) is 0. The maximum absolute atomic E-state index is 12.4. The molecule has 1 aromatic rings. The molecule has 1 aliphatic rings. The first-order chi connectivity index (χ1) is 7.97. The Bertz CT molecular complexity index is 381. The Labute approximate surface area is 115 Å². The molecule has 0 spiro atoms. The molecule has 0 bridgehead atoms. The van der Waals surface area contributed by atoms with Crippen LogP contribution in [0.5, 0.6) is 0 Å². The van der Waals surface area contributed by atoms with E-state index >= 15 is 0 Å². The average molecular weight is 301 g/mol. The molecule has 104 valence electrons. The Morgan fingerprint density at radius 3 is 2.72 bits per heavy atom. The summed E-state index contributed by atoms with van der Waals surface area (Å²) in [5.41, 5.74) is 0. The highest BCUT2D eigenvalue weighted by Crippen LogP contribution is 2.35. The van der Waals surface area contributed by atoms with Crippen molar-refractivity contribution in [3.63, 3.8) is 0 Å². The summed E-state index contributed by atoms with van der Waals surface area (Å²) in [6.07, 6.45) is -4.21. The van der Waals surface area contributed by atoms with Gasteiger partial charge in [0, 0.05) is 37.1 Å². The number of rotatable bonds is 2. The number of nitrogens with zero attached hydrogens (tertiary/aromatic N) is 1. The van der Waals surface area contributed by atoms with Crippen molar-refractivity contribution in [1.82, 2.24) is 10.2 Å². The van der Waals surface area contributed by atoms with Gasteiger partial charge in [0.05, 0.1) is 0 Å². The highest BCUT2D eigenvalue weighted by molar-refractivity contribution is 7.12. The van der Waals surface area contributed by atoms with Crippen LogP contribution in [-0.2, 0) is 12.7 Å². The fraction of sp³-hybridized carbons (Fsp3) is 0.636. The summed E-state index contributed by atoms with van der Waals surface area (Å²) in [6, 6.07) is 3.13. The lowest BCUT2D eigenvalue weighted by molar-refractivity contribution is -0.134. The van der Waals surface area contributed by atoms with Crippen molar-refractivity contribution in [2.24, 2.45) is 0 Å². The zero-order valence-corrected chi connectivity index (χ0v) is 11.6. The minimum absolute atomic E-state index is 0. The summed E-state index contributed by atoms with van der Waals surface area (Å²) >= 11 is 0.848. The Balaban J connectivity index is 0.00000162. The molecule has 1 aliphatic heterocycles. The molecule has 2 rings (SSSR count). The second-order valence-corrected chi connectivity index (χ2v) is 5.46. The van der Waals surface area contributed by atoms with Gasteiger partial charge in [0.2, 0.25) is 0 Å². The highest BCUT2D eigenvalue weighted by atomic mass is 35.5. The van der Waals surface area contributed by atoms with Crippen molar-refractivity contribution in [2.45, 2.75) is 25.7 Å². The molecule has 7 heteroatoms. The second kappa shape index (κ2) is 6.23. The topological polar surface area (TPSA) is 15.3 Å². The molecule has 0 radical (unpaired) electrons. The monoisotopic (exact) mass is 300 g/mol. The number of hydrogen-bond acceptors (Lipinski definition) is 3. The highest BCUT2D eigenvalue weighted by Gasteiger charge is 2.32. The predicted octanol–water partition coefficient (Wildman–Crippen LogP) is 2.98. The zero-order valence-electron chi connectivity index (χ0n) is 9.96. The van der Waals surface area contributed by atoms with E-state index in [2.05, 4.69) is 17.1 Å². The predicted molar refractivity (Wildman–Crippen MR) is 69.3 cm³/mol. The number of hydrogen-bond donors (Lipinski definition) is 1. The van der Waals surface area contributed by atoms with Crippen LogP contribution in [0.2, 0.25) is 0 Å². The lowest BCUT2D eigenvalue weighted by Gasteiger charge is -2.33. The Morgan fingerprint density at radius 1 is 1.44 bits per heavy atom. The van der Waals surface area contributed by atoms with Gasteiger partial charge in [0.15, 0.2) is 0 Å². The fourth-order valence-electron chi connectivity index (χ4n) is 1.93. The van der Waals surface area contributed by atoms with Gasteiger partial charge in [-0.1, -0.05) is 0 Å². The van der Waals surface area contributed by atoms with Crippen molar-refractivity contribution in [1.29, 1.82) is 0 Å². The fourth-order valence-corrected chi connectivity index (χ4v) is 2.83. The third-order valence-corrected chi connectivity index (χ3v) is 4.05. The van der Waals surface area contributed by atoms with Gasteiger partial charge < -0.3 is 5.32 Å². The second-order valence-electron chi connectivity index (χ2n) is 4.29. The molecule has 1 saturated heterocycles. The van der Waals surface area contributed by atoms with Crippen LogP contribution in [0.3, 0.4) is 0 Å².